The molecule has 2 fully saturated rings. The number of likely N-dealkylation sites (tertiary alicyclic amines) is 1. The van der Waals surface area contributed by atoms with E-state index < -0.39 is 5.91 Å². The second-order valence-electron chi connectivity index (χ2n) is 7.70. The van der Waals surface area contributed by atoms with Gasteiger partial charge in [0.25, 0.3) is 0 Å². The van der Waals surface area contributed by atoms with Crippen molar-refractivity contribution in [3.63, 3.8) is 0 Å². The standard InChI is InChI=1S/C21H21N3O5S/c25-18(10-24-19(26)13-3-1-2-4-14(13)20(24)27)23-21-22-15(11-30-21)12-5-6-16-17(9-12)29-8-7-28-16/h5-6,9,11,13-14H,1-4,7-8,10H2,(H,22,23,25)/t13-,14-/m1/s1. The molecule has 1 aromatic carbocycles. The van der Waals surface area contributed by atoms with E-state index in [1.807, 2.05) is 23.6 Å². The van der Waals surface area contributed by atoms with E-state index in [0.717, 1.165) is 36.1 Å². The van der Waals surface area contributed by atoms with Crippen LogP contribution < -0.4 is 14.8 Å². The molecule has 2 atom stereocenters. The number of nitrogens with one attached hydrogen (secondary N) is 1. The number of ether oxygens (including phenoxy) is 2. The van der Waals surface area contributed by atoms with Crippen LogP contribution >= 0.6 is 11.3 Å². The van der Waals surface area contributed by atoms with E-state index in [2.05, 4.69) is 10.3 Å². The average Bonchev–Trinajstić information content (AvgIpc) is 3.32. The van der Waals surface area contributed by atoms with E-state index >= 15 is 0 Å². The van der Waals surface area contributed by atoms with Crippen molar-refractivity contribution < 1.29 is 23.9 Å². The van der Waals surface area contributed by atoms with Crippen LogP contribution in [0.1, 0.15) is 25.7 Å². The number of carbonyl (C=O) groups is 3. The summed E-state index contributed by atoms with van der Waals surface area (Å²) in [6, 6.07) is 5.58. The minimum Gasteiger partial charge on any atom is -0.486 e. The van der Waals surface area contributed by atoms with Crippen molar-refractivity contribution in [2.45, 2.75) is 25.7 Å². The van der Waals surface area contributed by atoms with Gasteiger partial charge in [-0.25, -0.2) is 4.98 Å². The molecule has 3 heterocycles. The molecule has 1 aliphatic carbocycles. The van der Waals surface area contributed by atoms with Gasteiger partial charge in [0.05, 0.1) is 17.5 Å². The average molecular weight is 427 g/mol. The first kappa shape index (κ1) is 19.0. The first-order chi connectivity index (χ1) is 14.6. The number of rotatable bonds is 4. The number of amides is 3. The maximum Gasteiger partial charge on any atom is 0.246 e. The molecule has 5 rings (SSSR count). The number of carbonyl (C=O) groups excluding carboxylic acids is 3. The van der Waals surface area contributed by atoms with Gasteiger partial charge in [-0.1, -0.05) is 12.8 Å². The van der Waals surface area contributed by atoms with Crippen LogP contribution in [0.5, 0.6) is 11.5 Å². The Morgan fingerprint density at radius 2 is 1.80 bits per heavy atom. The van der Waals surface area contributed by atoms with Crippen LogP contribution in [-0.2, 0) is 14.4 Å². The Labute approximate surface area is 177 Å². The van der Waals surface area contributed by atoms with Gasteiger partial charge in [0, 0.05) is 10.9 Å². The van der Waals surface area contributed by atoms with Crippen LogP contribution in [-0.4, -0.2) is 47.4 Å². The minimum atomic E-state index is -0.418. The van der Waals surface area contributed by atoms with Gasteiger partial charge in [-0.05, 0) is 31.0 Å². The summed E-state index contributed by atoms with van der Waals surface area (Å²) in [6.07, 6.45) is 3.39. The summed E-state index contributed by atoms with van der Waals surface area (Å²) in [7, 11) is 0. The quantitative estimate of drug-likeness (QED) is 0.754. The Balaban J connectivity index is 1.25. The third kappa shape index (κ3) is 3.43. The van der Waals surface area contributed by atoms with E-state index in [1.165, 1.54) is 11.3 Å². The highest BCUT2D eigenvalue weighted by atomic mass is 32.1. The molecule has 9 heteroatoms. The van der Waals surface area contributed by atoms with Gasteiger partial charge in [-0.2, -0.15) is 0 Å². The van der Waals surface area contributed by atoms with Gasteiger partial charge in [0.2, 0.25) is 17.7 Å². The van der Waals surface area contributed by atoms with Crippen LogP contribution in [0.4, 0.5) is 5.13 Å². The fraction of sp³-hybridized carbons (Fsp3) is 0.429. The number of aromatic nitrogens is 1. The molecule has 3 aliphatic rings. The van der Waals surface area contributed by atoms with Crippen LogP contribution in [0.25, 0.3) is 11.3 Å². The molecule has 0 spiro atoms. The highest BCUT2D eigenvalue weighted by molar-refractivity contribution is 7.14. The molecule has 0 radical (unpaired) electrons. The summed E-state index contributed by atoms with van der Waals surface area (Å²) >= 11 is 1.29. The predicted molar refractivity (Wildman–Crippen MR) is 109 cm³/mol. The maximum atomic E-state index is 12.5. The first-order valence-corrected chi connectivity index (χ1v) is 11.0. The monoisotopic (exact) mass is 427 g/mol. The van der Waals surface area contributed by atoms with E-state index in [1.54, 1.807) is 0 Å². The number of fused-ring (bicyclic) bond motifs is 2. The fourth-order valence-corrected chi connectivity index (χ4v) is 5.09. The number of imide groups is 1. The van der Waals surface area contributed by atoms with Crippen molar-refractivity contribution in [2.75, 3.05) is 25.1 Å². The van der Waals surface area contributed by atoms with Crippen molar-refractivity contribution in [1.29, 1.82) is 0 Å². The van der Waals surface area contributed by atoms with E-state index in [9.17, 15) is 14.4 Å². The van der Waals surface area contributed by atoms with Gasteiger partial charge in [0.1, 0.15) is 19.8 Å². The Kier molecular flexibility index (Phi) is 4.90. The minimum absolute atomic E-state index is 0.212. The predicted octanol–water partition coefficient (Wildman–Crippen LogP) is 2.70. The normalized spacial score (nSPS) is 22.7. The lowest BCUT2D eigenvalue weighted by Crippen LogP contribution is -2.38. The van der Waals surface area contributed by atoms with Crippen LogP contribution in [0.3, 0.4) is 0 Å². The molecule has 8 nitrogen and oxygen atoms in total. The molecular formula is C21H21N3O5S. The molecule has 156 valence electrons. The highest BCUT2D eigenvalue weighted by Crippen LogP contribution is 2.38. The molecule has 3 amide bonds. The van der Waals surface area contributed by atoms with Crippen LogP contribution in [0.15, 0.2) is 23.6 Å². The van der Waals surface area contributed by atoms with Crippen LogP contribution in [0.2, 0.25) is 0 Å². The van der Waals surface area contributed by atoms with Crippen molar-refractivity contribution in [1.82, 2.24) is 9.88 Å². The topological polar surface area (TPSA) is 97.8 Å². The van der Waals surface area contributed by atoms with E-state index in [0.29, 0.717) is 35.5 Å². The molecule has 2 aliphatic heterocycles. The van der Waals surface area contributed by atoms with Crippen molar-refractivity contribution in [2.24, 2.45) is 11.8 Å². The Morgan fingerprint density at radius 3 is 2.53 bits per heavy atom. The Bertz CT molecular complexity index is 996. The number of hydrogen-bond donors (Lipinski definition) is 1. The third-order valence-corrected chi connectivity index (χ3v) is 6.58. The van der Waals surface area contributed by atoms with Crippen molar-refractivity contribution >= 4 is 34.2 Å². The number of benzene rings is 1. The van der Waals surface area contributed by atoms with Crippen molar-refractivity contribution in [3.8, 4) is 22.8 Å². The number of nitrogens with zero attached hydrogens (tertiary/aromatic N) is 2. The summed E-state index contributed by atoms with van der Waals surface area (Å²) in [5.74, 6) is 0.0333. The third-order valence-electron chi connectivity index (χ3n) is 5.82. The smallest absolute Gasteiger partial charge is 0.246 e. The second-order valence-corrected chi connectivity index (χ2v) is 8.56. The largest absolute Gasteiger partial charge is 0.486 e. The summed E-state index contributed by atoms with van der Waals surface area (Å²) in [5, 5.41) is 4.96. The number of thiazole rings is 1. The van der Waals surface area contributed by atoms with E-state index in [4.69, 9.17) is 9.47 Å². The molecule has 0 bridgehead atoms. The highest BCUT2D eigenvalue weighted by Gasteiger charge is 2.48. The van der Waals surface area contributed by atoms with Gasteiger partial charge >= 0.3 is 0 Å². The van der Waals surface area contributed by atoms with Crippen molar-refractivity contribution in [3.05, 3.63) is 23.6 Å². The zero-order chi connectivity index (χ0) is 20.7. The van der Waals surface area contributed by atoms with E-state index in [-0.39, 0.29) is 30.2 Å². The zero-order valence-electron chi connectivity index (χ0n) is 16.3. The summed E-state index contributed by atoms with van der Waals surface area (Å²) in [6.45, 7) is 0.775. The Hall–Kier alpha value is -2.94. The van der Waals surface area contributed by atoms with Gasteiger partial charge in [0.15, 0.2) is 16.6 Å². The van der Waals surface area contributed by atoms with Crippen LogP contribution in [0, 0.1) is 11.8 Å². The molecule has 30 heavy (non-hydrogen) atoms. The zero-order valence-corrected chi connectivity index (χ0v) is 17.1. The second kappa shape index (κ2) is 7.71. The molecule has 1 aromatic heterocycles. The molecule has 0 unspecified atom stereocenters. The summed E-state index contributed by atoms with van der Waals surface area (Å²) in [4.78, 5) is 43.1. The maximum absolute atomic E-state index is 12.5. The lowest BCUT2D eigenvalue weighted by atomic mass is 9.81. The summed E-state index contributed by atoms with van der Waals surface area (Å²) in [5.41, 5.74) is 1.55. The molecule has 1 saturated carbocycles. The lowest BCUT2D eigenvalue weighted by Gasteiger charge is -2.19. The molecule has 2 aromatic rings. The number of anilines is 1. The fourth-order valence-electron chi connectivity index (χ4n) is 4.36. The molecule has 1 saturated heterocycles. The van der Waals surface area contributed by atoms with Gasteiger partial charge in [-0.3, -0.25) is 19.3 Å². The molecule has 1 N–H and O–H groups in total. The number of hydrogen-bond acceptors (Lipinski definition) is 7. The SMILES string of the molecule is O=C(CN1C(=O)[C@@H]2CCCC[C@H]2C1=O)Nc1nc(-c2ccc3c(c2)OCCO3)cs1. The summed E-state index contributed by atoms with van der Waals surface area (Å²) < 4.78 is 11.1. The van der Waals surface area contributed by atoms with Gasteiger partial charge in [-0.15, -0.1) is 11.3 Å². The molecular weight excluding hydrogens is 406 g/mol. The van der Waals surface area contributed by atoms with Gasteiger partial charge < -0.3 is 14.8 Å². The lowest BCUT2D eigenvalue weighted by molar-refractivity contribution is -0.142. The first-order valence-electron chi connectivity index (χ1n) is 10.1. The Morgan fingerprint density at radius 1 is 1.10 bits per heavy atom.